The van der Waals surface area contributed by atoms with E-state index in [-0.39, 0.29) is 12.0 Å². The van der Waals surface area contributed by atoms with Gasteiger partial charge >= 0.3 is 5.97 Å². The van der Waals surface area contributed by atoms with Gasteiger partial charge in [-0.2, -0.15) is 0 Å². The van der Waals surface area contributed by atoms with Gasteiger partial charge < -0.3 is 10.1 Å². The second-order valence-electron chi connectivity index (χ2n) is 3.50. The fourth-order valence-corrected chi connectivity index (χ4v) is 1.96. The molecule has 0 radical (unpaired) electrons. The van der Waals surface area contributed by atoms with Crippen LogP contribution in [0.3, 0.4) is 0 Å². The van der Waals surface area contributed by atoms with E-state index >= 15 is 0 Å². The second kappa shape index (κ2) is 4.77. The van der Waals surface area contributed by atoms with E-state index in [1.54, 1.807) is 6.07 Å². The van der Waals surface area contributed by atoms with Crippen molar-refractivity contribution >= 4 is 21.9 Å². The zero-order valence-corrected chi connectivity index (χ0v) is 9.79. The van der Waals surface area contributed by atoms with Crippen LogP contribution in [0.1, 0.15) is 12.8 Å². The van der Waals surface area contributed by atoms with Crippen LogP contribution < -0.4 is 10.1 Å². The SMILES string of the molecule is O=C(Oc1ccccc1Br)C1CCCN1. The van der Waals surface area contributed by atoms with Gasteiger partial charge in [0.1, 0.15) is 11.8 Å². The van der Waals surface area contributed by atoms with E-state index in [1.807, 2.05) is 18.2 Å². The molecule has 1 saturated heterocycles. The van der Waals surface area contributed by atoms with Crippen LogP contribution in [-0.4, -0.2) is 18.6 Å². The predicted octanol–water partition coefficient (Wildman–Crippen LogP) is 2.11. The lowest BCUT2D eigenvalue weighted by atomic mass is 10.2. The molecule has 4 heteroatoms. The molecule has 2 rings (SSSR count). The van der Waals surface area contributed by atoms with Crippen molar-refractivity contribution in [3.63, 3.8) is 0 Å². The quantitative estimate of drug-likeness (QED) is 0.660. The maximum absolute atomic E-state index is 11.7. The van der Waals surface area contributed by atoms with E-state index in [1.165, 1.54) is 0 Å². The molecule has 0 aliphatic carbocycles. The maximum Gasteiger partial charge on any atom is 0.328 e. The molecule has 1 aromatic rings. The summed E-state index contributed by atoms with van der Waals surface area (Å²) in [5.41, 5.74) is 0. The number of nitrogens with one attached hydrogen (secondary N) is 1. The van der Waals surface area contributed by atoms with Crippen molar-refractivity contribution in [2.24, 2.45) is 0 Å². The van der Waals surface area contributed by atoms with Crippen LogP contribution in [0.4, 0.5) is 0 Å². The lowest BCUT2D eigenvalue weighted by molar-refractivity contribution is -0.136. The van der Waals surface area contributed by atoms with E-state index < -0.39 is 0 Å². The molecule has 1 heterocycles. The molecule has 3 nitrogen and oxygen atoms in total. The van der Waals surface area contributed by atoms with Gasteiger partial charge in [-0.1, -0.05) is 12.1 Å². The molecular weight excluding hydrogens is 258 g/mol. The van der Waals surface area contributed by atoms with Gasteiger partial charge in [-0.15, -0.1) is 0 Å². The van der Waals surface area contributed by atoms with Crippen LogP contribution in [0.2, 0.25) is 0 Å². The smallest absolute Gasteiger partial charge is 0.328 e. The highest BCUT2D eigenvalue weighted by molar-refractivity contribution is 9.10. The molecule has 0 aromatic heterocycles. The Labute approximate surface area is 96.9 Å². The summed E-state index contributed by atoms with van der Waals surface area (Å²) < 4.78 is 6.08. The summed E-state index contributed by atoms with van der Waals surface area (Å²) in [6.45, 7) is 0.899. The monoisotopic (exact) mass is 269 g/mol. The normalized spacial score (nSPS) is 20.2. The molecule has 0 bridgehead atoms. The fourth-order valence-electron chi connectivity index (χ4n) is 1.59. The maximum atomic E-state index is 11.7. The van der Waals surface area contributed by atoms with Crippen molar-refractivity contribution in [1.29, 1.82) is 0 Å². The van der Waals surface area contributed by atoms with E-state index in [2.05, 4.69) is 21.2 Å². The molecule has 1 unspecified atom stereocenters. The summed E-state index contributed by atoms with van der Waals surface area (Å²) in [6.07, 6.45) is 1.90. The topological polar surface area (TPSA) is 38.3 Å². The molecule has 1 N–H and O–H groups in total. The number of benzene rings is 1. The largest absolute Gasteiger partial charge is 0.424 e. The Balaban J connectivity index is 2.02. The first-order valence-corrected chi connectivity index (χ1v) is 5.76. The van der Waals surface area contributed by atoms with Gasteiger partial charge in [-0.05, 0) is 47.4 Å². The average molecular weight is 270 g/mol. The first-order chi connectivity index (χ1) is 7.27. The number of hydrogen-bond acceptors (Lipinski definition) is 3. The Kier molecular flexibility index (Phi) is 3.38. The van der Waals surface area contributed by atoms with Crippen molar-refractivity contribution in [1.82, 2.24) is 5.32 Å². The molecule has 1 aliphatic rings. The third kappa shape index (κ3) is 2.58. The zero-order chi connectivity index (χ0) is 10.7. The summed E-state index contributed by atoms with van der Waals surface area (Å²) >= 11 is 3.34. The Morgan fingerprint density at radius 2 is 2.27 bits per heavy atom. The summed E-state index contributed by atoms with van der Waals surface area (Å²) in [4.78, 5) is 11.7. The van der Waals surface area contributed by atoms with Gasteiger partial charge in [0.25, 0.3) is 0 Å². The molecule has 0 amide bonds. The molecule has 1 aromatic carbocycles. The third-order valence-corrected chi connectivity index (χ3v) is 3.05. The average Bonchev–Trinajstić information content (AvgIpc) is 2.74. The first kappa shape index (κ1) is 10.6. The molecule has 80 valence electrons. The van der Waals surface area contributed by atoms with Gasteiger partial charge in [-0.25, -0.2) is 4.79 Å². The standard InChI is InChI=1S/C11H12BrNO2/c12-8-4-1-2-6-10(8)15-11(14)9-5-3-7-13-9/h1-2,4,6,9,13H,3,5,7H2. The van der Waals surface area contributed by atoms with Gasteiger partial charge in [0.2, 0.25) is 0 Å². The highest BCUT2D eigenvalue weighted by Crippen LogP contribution is 2.24. The number of esters is 1. The molecule has 1 atom stereocenters. The summed E-state index contributed by atoms with van der Waals surface area (Å²) in [6, 6.07) is 7.21. The molecule has 1 fully saturated rings. The van der Waals surface area contributed by atoms with Crippen LogP contribution >= 0.6 is 15.9 Å². The first-order valence-electron chi connectivity index (χ1n) is 4.97. The summed E-state index contributed by atoms with van der Waals surface area (Å²) in [7, 11) is 0. The van der Waals surface area contributed by atoms with Crippen molar-refractivity contribution in [3.05, 3.63) is 28.7 Å². The minimum absolute atomic E-state index is 0.142. The van der Waals surface area contributed by atoms with Gasteiger partial charge in [0.05, 0.1) is 4.47 Å². The van der Waals surface area contributed by atoms with Gasteiger partial charge in [0.15, 0.2) is 0 Å². The number of halogens is 1. The number of rotatable bonds is 2. The van der Waals surface area contributed by atoms with Crippen molar-refractivity contribution < 1.29 is 9.53 Å². The van der Waals surface area contributed by atoms with Crippen molar-refractivity contribution in [2.75, 3.05) is 6.54 Å². The zero-order valence-electron chi connectivity index (χ0n) is 8.20. The van der Waals surface area contributed by atoms with E-state index in [4.69, 9.17) is 4.74 Å². The highest BCUT2D eigenvalue weighted by Gasteiger charge is 2.24. The molecule has 15 heavy (non-hydrogen) atoms. The van der Waals surface area contributed by atoms with Crippen molar-refractivity contribution in [2.45, 2.75) is 18.9 Å². The lowest BCUT2D eigenvalue weighted by Gasteiger charge is -2.10. The molecular formula is C11H12BrNO2. The van der Waals surface area contributed by atoms with Crippen LogP contribution in [0.25, 0.3) is 0 Å². The minimum Gasteiger partial charge on any atom is -0.424 e. The van der Waals surface area contributed by atoms with Crippen molar-refractivity contribution in [3.8, 4) is 5.75 Å². The highest BCUT2D eigenvalue weighted by atomic mass is 79.9. The van der Waals surface area contributed by atoms with Gasteiger partial charge in [-0.3, -0.25) is 0 Å². The second-order valence-corrected chi connectivity index (χ2v) is 4.35. The lowest BCUT2D eigenvalue weighted by Crippen LogP contribution is -2.34. The summed E-state index contributed by atoms with van der Waals surface area (Å²) in [5, 5.41) is 3.11. The Morgan fingerprint density at radius 1 is 1.47 bits per heavy atom. The van der Waals surface area contributed by atoms with Crippen LogP contribution in [0, 0.1) is 0 Å². The van der Waals surface area contributed by atoms with E-state index in [0.29, 0.717) is 5.75 Å². The van der Waals surface area contributed by atoms with Crippen LogP contribution in [0.5, 0.6) is 5.75 Å². The van der Waals surface area contributed by atoms with E-state index in [9.17, 15) is 4.79 Å². The Morgan fingerprint density at radius 3 is 2.93 bits per heavy atom. The number of carbonyl (C=O) groups is 1. The number of para-hydroxylation sites is 1. The van der Waals surface area contributed by atoms with E-state index in [0.717, 1.165) is 23.9 Å². The van der Waals surface area contributed by atoms with Gasteiger partial charge in [0, 0.05) is 0 Å². The van der Waals surface area contributed by atoms with Crippen LogP contribution in [0.15, 0.2) is 28.7 Å². The number of hydrogen-bond donors (Lipinski definition) is 1. The number of carbonyl (C=O) groups excluding carboxylic acids is 1. The number of ether oxygens (including phenoxy) is 1. The Bertz CT molecular complexity index is 361. The fraction of sp³-hybridized carbons (Fsp3) is 0.364. The molecule has 0 spiro atoms. The molecule has 0 saturated carbocycles. The predicted molar refractivity (Wildman–Crippen MR) is 60.8 cm³/mol. The third-order valence-electron chi connectivity index (χ3n) is 2.39. The Hall–Kier alpha value is -0.870. The van der Waals surface area contributed by atoms with Crippen LogP contribution in [-0.2, 0) is 4.79 Å². The summed E-state index contributed by atoms with van der Waals surface area (Å²) in [5.74, 6) is 0.385. The minimum atomic E-state index is -0.195. The molecule has 1 aliphatic heterocycles.